The zero-order chi connectivity index (χ0) is 15.2. The van der Waals surface area contributed by atoms with Crippen LogP contribution in [0.3, 0.4) is 0 Å². The predicted octanol–water partition coefficient (Wildman–Crippen LogP) is 2.32. The van der Waals surface area contributed by atoms with Crippen LogP contribution < -0.4 is 15.8 Å². The third-order valence-corrected chi connectivity index (χ3v) is 3.64. The van der Waals surface area contributed by atoms with Crippen LogP contribution in [-0.4, -0.2) is 19.1 Å². The number of rotatable bonds is 6. The van der Waals surface area contributed by atoms with Crippen LogP contribution in [-0.2, 0) is 11.3 Å². The summed E-state index contributed by atoms with van der Waals surface area (Å²) in [7, 11) is 0. The Bertz CT molecular complexity index is 438. The number of hydrogen-bond acceptors (Lipinski definition) is 3. The highest BCUT2D eigenvalue weighted by atomic mass is 16.5. The largest absolute Gasteiger partial charge is 0.483 e. The summed E-state index contributed by atoms with van der Waals surface area (Å²) in [5, 5.41) is 2.90. The van der Waals surface area contributed by atoms with E-state index in [1.54, 1.807) is 0 Å². The van der Waals surface area contributed by atoms with Gasteiger partial charge in [0, 0.05) is 18.7 Å². The van der Waals surface area contributed by atoms with E-state index < -0.39 is 0 Å². The van der Waals surface area contributed by atoms with Gasteiger partial charge in [0.05, 0.1) is 0 Å². The first-order valence-electron chi connectivity index (χ1n) is 7.02. The Kier molecular flexibility index (Phi) is 6.02. The van der Waals surface area contributed by atoms with Crippen molar-refractivity contribution in [3.05, 3.63) is 29.8 Å². The summed E-state index contributed by atoms with van der Waals surface area (Å²) >= 11 is 0. The molecule has 0 spiro atoms. The number of ether oxygens (including phenoxy) is 1. The summed E-state index contributed by atoms with van der Waals surface area (Å²) in [6, 6.07) is 7.50. The van der Waals surface area contributed by atoms with Gasteiger partial charge in [-0.05, 0) is 17.4 Å². The van der Waals surface area contributed by atoms with Crippen molar-refractivity contribution in [2.45, 2.75) is 34.2 Å². The third-order valence-electron chi connectivity index (χ3n) is 3.64. The maximum atomic E-state index is 11.8. The number of benzene rings is 1. The molecular formula is C16H26N2O2. The fourth-order valence-corrected chi connectivity index (χ4v) is 1.58. The predicted molar refractivity (Wildman–Crippen MR) is 81.5 cm³/mol. The molecule has 1 amide bonds. The van der Waals surface area contributed by atoms with Gasteiger partial charge in [0.25, 0.3) is 5.91 Å². The Labute approximate surface area is 121 Å². The van der Waals surface area contributed by atoms with Crippen LogP contribution in [0.2, 0.25) is 0 Å². The van der Waals surface area contributed by atoms with Gasteiger partial charge in [-0.3, -0.25) is 4.79 Å². The van der Waals surface area contributed by atoms with Gasteiger partial charge in [-0.2, -0.15) is 0 Å². The van der Waals surface area contributed by atoms with E-state index in [4.69, 9.17) is 10.5 Å². The van der Waals surface area contributed by atoms with Crippen molar-refractivity contribution in [3.63, 3.8) is 0 Å². The minimum absolute atomic E-state index is 0.0217. The van der Waals surface area contributed by atoms with Gasteiger partial charge in [-0.1, -0.05) is 45.9 Å². The van der Waals surface area contributed by atoms with Gasteiger partial charge in [0.2, 0.25) is 0 Å². The topological polar surface area (TPSA) is 64.3 Å². The molecule has 1 aromatic rings. The number of carbonyl (C=O) groups excluding carboxylic acids is 1. The molecule has 0 aliphatic carbocycles. The van der Waals surface area contributed by atoms with Gasteiger partial charge < -0.3 is 15.8 Å². The highest BCUT2D eigenvalue weighted by Crippen LogP contribution is 2.24. The monoisotopic (exact) mass is 278 g/mol. The highest BCUT2D eigenvalue weighted by molar-refractivity contribution is 5.77. The van der Waals surface area contributed by atoms with Crippen molar-refractivity contribution in [2.75, 3.05) is 13.2 Å². The summed E-state index contributed by atoms with van der Waals surface area (Å²) in [5.74, 6) is 0.977. The fourth-order valence-electron chi connectivity index (χ4n) is 1.58. The van der Waals surface area contributed by atoms with Crippen LogP contribution in [0.5, 0.6) is 5.75 Å². The molecule has 3 N–H and O–H groups in total. The molecule has 1 atom stereocenters. The SMILES string of the molecule is CC(CNC(=O)COc1ccccc1CN)C(C)(C)C. The zero-order valence-electron chi connectivity index (χ0n) is 12.9. The van der Waals surface area contributed by atoms with Crippen molar-refractivity contribution in [2.24, 2.45) is 17.1 Å². The van der Waals surface area contributed by atoms with E-state index in [9.17, 15) is 4.79 Å². The molecular weight excluding hydrogens is 252 g/mol. The lowest BCUT2D eigenvalue weighted by molar-refractivity contribution is -0.123. The molecule has 0 aliphatic heterocycles. The first-order valence-corrected chi connectivity index (χ1v) is 7.02. The molecule has 1 unspecified atom stereocenters. The molecule has 0 aliphatic rings. The van der Waals surface area contributed by atoms with E-state index in [0.29, 0.717) is 24.8 Å². The Morgan fingerprint density at radius 3 is 2.60 bits per heavy atom. The zero-order valence-corrected chi connectivity index (χ0v) is 12.9. The van der Waals surface area contributed by atoms with Gasteiger partial charge in [0.15, 0.2) is 6.61 Å². The number of para-hydroxylation sites is 1. The molecule has 4 nitrogen and oxygen atoms in total. The summed E-state index contributed by atoms with van der Waals surface area (Å²) in [6.07, 6.45) is 0. The molecule has 0 saturated heterocycles. The Morgan fingerprint density at radius 2 is 2.00 bits per heavy atom. The van der Waals surface area contributed by atoms with Crippen LogP contribution in [0.25, 0.3) is 0 Å². The first kappa shape index (κ1) is 16.5. The third kappa shape index (κ3) is 5.21. The van der Waals surface area contributed by atoms with Crippen LogP contribution in [0.15, 0.2) is 24.3 Å². The second-order valence-electron chi connectivity index (χ2n) is 6.17. The number of nitrogens with two attached hydrogens (primary N) is 1. The van der Waals surface area contributed by atoms with Crippen LogP contribution >= 0.6 is 0 Å². The summed E-state index contributed by atoms with van der Waals surface area (Å²) in [6.45, 7) is 9.70. The Balaban J connectivity index is 2.40. The van der Waals surface area contributed by atoms with Crippen molar-refractivity contribution in [1.29, 1.82) is 0 Å². The van der Waals surface area contributed by atoms with Crippen molar-refractivity contribution in [1.82, 2.24) is 5.32 Å². The average Bonchev–Trinajstić information content (AvgIpc) is 2.41. The second-order valence-corrected chi connectivity index (χ2v) is 6.17. The Hall–Kier alpha value is -1.55. The van der Waals surface area contributed by atoms with E-state index >= 15 is 0 Å². The van der Waals surface area contributed by atoms with Crippen molar-refractivity contribution < 1.29 is 9.53 Å². The normalized spacial score (nSPS) is 12.8. The average molecular weight is 278 g/mol. The standard InChI is InChI=1S/C16H26N2O2/c1-12(16(2,3)4)10-18-15(19)11-20-14-8-6-5-7-13(14)9-17/h5-8,12H,9-11,17H2,1-4H3,(H,18,19). The molecule has 20 heavy (non-hydrogen) atoms. The van der Waals surface area contributed by atoms with E-state index in [2.05, 4.69) is 33.0 Å². The Morgan fingerprint density at radius 1 is 1.35 bits per heavy atom. The molecule has 1 rings (SSSR count). The number of hydrogen-bond donors (Lipinski definition) is 2. The first-order chi connectivity index (χ1) is 9.34. The second kappa shape index (κ2) is 7.29. The van der Waals surface area contributed by atoms with Gasteiger partial charge >= 0.3 is 0 Å². The van der Waals surface area contributed by atoms with Crippen LogP contribution in [0, 0.1) is 11.3 Å². The lowest BCUT2D eigenvalue weighted by Gasteiger charge is -2.27. The van der Waals surface area contributed by atoms with Gasteiger partial charge in [-0.15, -0.1) is 0 Å². The summed E-state index contributed by atoms with van der Waals surface area (Å²) < 4.78 is 5.52. The summed E-state index contributed by atoms with van der Waals surface area (Å²) in [5.41, 5.74) is 6.71. The molecule has 4 heteroatoms. The number of nitrogens with one attached hydrogen (secondary N) is 1. The molecule has 0 aromatic heterocycles. The summed E-state index contributed by atoms with van der Waals surface area (Å²) in [4.78, 5) is 11.8. The van der Waals surface area contributed by atoms with Gasteiger partial charge in [-0.25, -0.2) is 0 Å². The van der Waals surface area contributed by atoms with Crippen LogP contribution in [0.1, 0.15) is 33.3 Å². The molecule has 0 radical (unpaired) electrons. The van der Waals surface area contributed by atoms with Gasteiger partial charge in [0.1, 0.15) is 5.75 Å². The highest BCUT2D eigenvalue weighted by Gasteiger charge is 2.20. The maximum absolute atomic E-state index is 11.8. The maximum Gasteiger partial charge on any atom is 0.257 e. The minimum atomic E-state index is -0.104. The number of amides is 1. The van der Waals surface area contributed by atoms with E-state index in [1.165, 1.54) is 0 Å². The lowest BCUT2D eigenvalue weighted by Crippen LogP contribution is -2.36. The van der Waals surface area contributed by atoms with Crippen LogP contribution in [0.4, 0.5) is 0 Å². The van der Waals surface area contributed by atoms with Crippen molar-refractivity contribution >= 4 is 5.91 Å². The molecule has 0 fully saturated rings. The van der Waals surface area contributed by atoms with E-state index in [0.717, 1.165) is 5.56 Å². The smallest absolute Gasteiger partial charge is 0.257 e. The molecule has 0 bridgehead atoms. The molecule has 112 valence electrons. The molecule has 0 heterocycles. The van der Waals surface area contributed by atoms with E-state index in [-0.39, 0.29) is 17.9 Å². The minimum Gasteiger partial charge on any atom is -0.483 e. The number of carbonyl (C=O) groups is 1. The quantitative estimate of drug-likeness (QED) is 0.839. The fraction of sp³-hybridized carbons (Fsp3) is 0.562. The molecule has 1 aromatic carbocycles. The molecule has 0 saturated carbocycles. The van der Waals surface area contributed by atoms with Crippen molar-refractivity contribution in [3.8, 4) is 5.75 Å². The lowest BCUT2D eigenvalue weighted by atomic mass is 9.82. The van der Waals surface area contributed by atoms with E-state index in [1.807, 2.05) is 24.3 Å².